The van der Waals surface area contributed by atoms with Gasteiger partial charge in [0.2, 0.25) is 0 Å². The molecule has 0 radical (unpaired) electrons. The third-order valence-electron chi connectivity index (χ3n) is 5.93. The van der Waals surface area contributed by atoms with E-state index in [1.165, 1.54) is 0 Å². The Labute approximate surface area is 238 Å². The first-order valence-corrected chi connectivity index (χ1v) is 13.0. The fourth-order valence-electron chi connectivity index (χ4n) is 3.88. The molecule has 12 nitrogen and oxygen atoms in total. The predicted octanol–water partition coefficient (Wildman–Crippen LogP) is 2.16. The fourth-order valence-corrected chi connectivity index (χ4v) is 3.88. The third kappa shape index (κ3) is 8.01. The minimum atomic E-state index is -1.02. The average Bonchev–Trinajstić information content (AvgIpc) is 2.98. The molecule has 0 atom stereocenters. The van der Waals surface area contributed by atoms with Crippen LogP contribution in [0.1, 0.15) is 19.3 Å². The summed E-state index contributed by atoms with van der Waals surface area (Å²) >= 11 is 0. The van der Waals surface area contributed by atoms with Crippen LogP contribution >= 0.6 is 0 Å². The molecule has 1 aromatic heterocycles. The maximum absolute atomic E-state index is 13.2. The van der Waals surface area contributed by atoms with Crippen LogP contribution in [0.2, 0.25) is 0 Å². The largest absolute Gasteiger partial charge is 0.426 e. The quantitative estimate of drug-likeness (QED) is 0.184. The number of para-hydroxylation sites is 3. The number of benzene rings is 3. The molecule has 4 rings (SSSR count). The molecule has 1 heterocycles. The van der Waals surface area contributed by atoms with Gasteiger partial charge in [-0.3, -0.25) is 14.4 Å². The minimum Gasteiger partial charge on any atom is -0.426 e. The maximum atomic E-state index is 13.2. The van der Waals surface area contributed by atoms with Crippen molar-refractivity contribution < 1.29 is 28.6 Å². The van der Waals surface area contributed by atoms with E-state index in [9.17, 15) is 28.8 Å². The van der Waals surface area contributed by atoms with Gasteiger partial charge in [0.1, 0.15) is 17.2 Å². The molecule has 0 aliphatic heterocycles. The first-order valence-electron chi connectivity index (χ1n) is 13.0. The van der Waals surface area contributed by atoms with Crippen LogP contribution in [0.15, 0.2) is 105 Å². The highest BCUT2D eigenvalue weighted by Gasteiger charge is 2.19. The van der Waals surface area contributed by atoms with Crippen LogP contribution in [0.3, 0.4) is 0 Å². The summed E-state index contributed by atoms with van der Waals surface area (Å²) in [5, 5.41) is 0. The number of rotatable bonds is 12. The monoisotopic (exact) mass is 573 g/mol. The molecule has 0 aliphatic rings. The molecule has 0 unspecified atom stereocenters. The van der Waals surface area contributed by atoms with Gasteiger partial charge in [0.25, 0.3) is 0 Å². The van der Waals surface area contributed by atoms with E-state index in [-0.39, 0.29) is 36.5 Å². The summed E-state index contributed by atoms with van der Waals surface area (Å²) in [4.78, 5) is 76.8. The molecular formula is C30H27N3O9. The van der Waals surface area contributed by atoms with Crippen LogP contribution in [0.25, 0.3) is 0 Å². The van der Waals surface area contributed by atoms with Gasteiger partial charge in [-0.05, 0) is 36.4 Å². The zero-order valence-electron chi connectivity index (χ0n) is 22.4. The van der Waals surface area contributed by atoms with Crippen molar-refractivity contribution in [3.63, 3.8) is 0 Å². The Kier molecular flexibility index (Phi) is 9.97. The third-order valence-corrected chi connectivity index (χ3v) is 5.93. The van der Waals surface area contributed by atoms with Gasteiger partial charge < -0.3 is 14.2 Å². The number of hydrogen-bond donors (Lipinski definition) is 0. The predicted molar refractivity (Wildman–Crippen MR) is 149 cm³/mol. The Morgan fingerprint density at radius 1 is 0.429 bits per heavy atom. The highest BCUT2D eigenvalue weighted by atomic mass is 16.5. The van der Waals surface area contributed by atoms with Crippen molar-refractivity contribution in [2.45, 2.75) is 38.9 Å². The van der Waals surface area contributed by atoms with Crippen molar-refractivity contribution in [3.8, 4) is 17.2 Å². The van der Waals surface area contributed by atoms with E-state index >= 15 is 0 Å². The molecule has 216 valence electrons. The van der Waals surface area contributed by atoms with E-state index in [0.717, 1.165) is 0 Å². The van der Waals surface area contributed by atoms with E-state index in [1.54, 1.807) is 91.0 Å². The smallest absolute Gasteiger partial charge is 0.336 e. The van der Waals surface area contributed by atoms with Crippen molar-refractivity contribution in [2.24, 2.45) is 0 Å². The van der Waals surface area contributed by atoms with Gasteiger partial charge in [0.15, 0.2) is 0 Å². The first kappa shape index (κ1) is 29.5. The van der Waals surface area contributed by atoms with Crippen LogP contribution in [-0.4, -0.2) is 31.6 Å². The van der Waals surface area contributed by atoms with Gasteiger partial charge in [-0.25, -0.2) is 28.1 Å². The summed E-state index contributed by atoms with van der Waals surface area (Å²) in [7, 11) is 0. The van der Waals surface area contributed by atoms with Gasteiger partial charge in [-0.15, -0.1) is 0 Å². The highest BCUT2D eigenvalue weighted by Crippen LogP contribution is 2.11. The van der Waals surface area contributed by atoms with Crippen LogP contribution in [0, 0.1) is 0 Å². The van der Waals surface area contributed by atoms with Gasteiger partial charge in [-0.2, -0.15) is 0 Å². The Hall–Kier alpha value is -5.52. The second-order valence-corrected chi connectivity index (χ2v) is 8.91. The minimum absolute atomic E-state index is 0.283. The van der Waals surface area contributed by atoms with Crippen molar-refractivity contribution in [1.29, 1.82) is 0 Å². The molecule has 0 aliphatic carbocycles. The zero-order valence-corrected chi connectivity index (χ0v) is 22.4. The Bertz CT molecular complexity index is 1480. The molecule has 0 amide bonds. The van der Waals surface area contributed by atoms with E-state index < -0.39 is 54.6 Å². The van der Waals surface area contributed by atoms with E-state index in [1.807, 2.05) is 0 Å². The van der Waals surface area contributed by atoms with Gasteiger partial charge >= 0.3 is 35.0 Å². The summed E-state index contributed by atoms with van der Waals surface area (Å²) in [6.07, 6.45) is -1.10. The second-order valence-electron chi connectivity index (χ2n) is 8.91. The number of nitrogens with zero attached hydrogens (tertiary/aromatic N) is 3. The van der Waals surface area contributed by atoms with Crippen molar-refractivity contribution >= 4 is 17.9 Å². The van der Waals surface area contributed by atoms with E-state index in [4.69, 9.17) is 14.2 Å². The average molecular weight is 574 g/mol. The van der Waals surface area contributed by atoms with Crippen LogP contribution < -0.4 is 31.3 Å². The highest BCUT2D eigenvalue weighted by molar-refractivity contribution is 5.73. The molecule has 3 aromatic carbocycles. The molecule has 0 saturated carbocycles. The number of carbonyl (C=O) groups is 3. The molecule has 12 heteroatoms. The van der Waals surface area contributed by atoms with E-state index in [0.29, 0.717) is 13.7 Å². The number of carbonyl (C=O) groups excluding carboxylic acids is 3. The summed E-state index contributed by atoms with van der Waals surface area (Å²) in [5.41, 5.74) is -3.06. The Morgan fingerprint density at radius 3 is 0.905 bits per heavy atom. The zero-order chi connectivity index (χ0) is 29.9. The molecule has 0 spiro atoms. The van der Waals surface area contributed by atoms with E-state index in [2.05, 4.69) is 0 Å². The SMILES string of the molecule is O=C(CCn1c(=O)n(CCC(=O)Oc2ccccc2)c(=O)n(CCC(=O)Oc2ccccc2)c1=O)Oc1ccccc1. The van der Waals surface area contributed by atoms with Crippen LogP contribution in [0.4, 0.5) is 0 Å². The van der Waals surface area contributed by atoms with Gasteiger partial charge in [0.05, 0.1) is 19.3 Å². The lowest BCUT2D eigenvalue weighted by atomic mass is 10.3. The maximum Gasteiger partial charge on any atom is 0.336 e. The van der Waals surface area contributed by atoms with Crippen molar-refractivity contribution in [3.05, 3.63) is 122 Å². The van der Waals surface area contributed by atoms with Crippen molar-refractivity contribution in [1.82, 2.24) is 13.7 Å². The summed E-state index contributed by atoms with van der Waals surface area (Å²) in [6, 6.07) is 24.7. The fraction of sp³-hybridized carbons (Fsp3) is 0.200. The lowest BCUT2D eigenvalue weighted by molar-refractivity contribution is -0.135. The lowest BCUT2D eigenvalue weighted by Crippen LogP contribution is -2.55. The Morgan fingerprint density at radius 2 is 0.667 bits per heavy atom. The topological polar surface area (TPSA) is 145 Å². The molecule has 42 heavy (non-hydrogen) atoms. The normalized spacial score (nSPS) is 10.6. The van der Waals surface area contributed by atoms with Gasteiger partial charge in [-0.1, -0.05) is 54.6 Å². The molecule has 4 aromatic rings. The molecule has 0 N–H and O–H groups in total. The molecule has 0 bridgehead atoms. The molecule has 0 saturated heterocycles. The van der Waals surface area contributed by atoms with Crippen LogP contribution in [0.5, 0.6) is 17.2 Å². The number of hydrogen-bond acceptors (Lipinski definition) is 9. The van der Waals surface area contributed by atoms with Crippen LogP contribution in [-0.2, 0) is 34.0 Å². The standard InChI is InChI=1S/C30H27N3O9/c34-25(40-22-10-4-1-5-11-22)16-19-31-28(37)32(20-17-26(35)41-23-12-6-2-7-13-23)30(39)33(29(31)38)21-18-27(36)42-24-14-8-3-9-15-24/h1-15H,16-21H2. The number of aromatic nitrogens is 3. The summed E-state index contributed by atoms with van der Waals surface area (Å²) < 4.78 is 17.7. The summed E-state index contributed by atoms with van der Waals surface area (Å²) in [6.45, 7) is -1.23. The molecular weight excluding hydrogens is 546 g/mol. The Balaban J connectivity index is 1.54. The lowest BCUT2D eigenvalue weighted by Gasteiger charge is -2.14. The van der Waals surface area contributed by atoms with Gasteiger partial charge in [0, 0.05) is 19.6 Å². The first-order chi connectivity index (χ1) is 20.3. The van der Waals surface area contributed by atoms with Crippen molar-refractivity contribution in [2.75, 3.05) is 0 Å². The number of ether oxygens (including phenoxy) is 3. The number of esters is 3. The molecule has 0 fully saturated rings. The second kappa shape index (κ2) is 14.2. The summed E-state index contributed by atoms with van der Waals surface area (Å²) in [5.74, 6) is -1.29.